The van der Waals surface area contributed by atoms with Crippen LogP contribution in [0.15, 0.2) is 35.5 Å². The van der Waals surface area contributed by atoms with Crippen LogP contribution in [0, 0.1) is 0 Å². The quantitative estimate of drug-likeness (QED) is 0.749. The van der Waals surface area contributed by atoms with E-state index in [2.05, 4.69) is 4.98 Å². The van der Waals surface area contributed by atoms with Crippen LogP contribution in [0.5, 0.6) is 0 Å². The molecule has 2 aromatic rings. The number of nitrogens with zero attached hydrogens (tertiary/aromatic N) is 4. The molecule has 0 spiro atoms. The van der Waals surface area contributed by atoms with Gasteiger partial charge in [-0.3, -0.25) is 9.78 Å². The number of benzene rings is 1. The van der Waals surface area contributed by atoms with Gasteiger partial charge in [-0.05, 0) is 26.6 Å². The molecule has 0 bridgehead atoms. The van der Waals surface area contributed by atoms with Crippen LogP contribution >= 0.6 is 11.6 Å². The maximum absolute atomic E-state index is 13.3. The van der Waals surface area contributed by atoms with E-state index >= 15 is 0 Å². The second-order valence-corrected chi connectivity index (χ2v) is 9.34. The Kier molecular flexibility index (Phi) is 5.71. The molecule has 0 unspecified atom stereocenters. The molecule has 9 heteroatoms. The average molecular weight is 411 g/mol. The van der Waals surface area contributed by atoms with E-state index in [9.17, 15) is 13.2 Å². The van der Waals surface area contributed by atoms with Gasteiger partial charge in [0.25, 0.3) is 0 Å². The maximum Gasteiger partial charge on any atom is 0.243 e. The van der Waals surface area contributed by atoms with Crippen LogP contribution < -0.4 is 0 Å². The minimum absolute atomic E-state index is 0.0245. The van der Waals surface area contributed by atoms with Crippen molar-refractivity contribution < 1.29 is 13.2 Å². The summed E-state index contributed by atoms with van der Waals surface area (Å²) in [6, 6.07) is 4.90. The smallest absolute Gasteiger partial charge is 0.243 e. The highest BCUT2D eigenvalue weighted by Crippen LogP contribution is 2.32. The van der Waals surface area contributed by atoms with Crippen molar-refractivity contribution in [2.75, 3.05) is 40.8 Å². The fraction of sp³-hybridized carbons (Fsp3) is 0.444. The molecule has 27 heavy (non-hydrogen) atoms. The summed E-state index contributed by atoms with van der Waals surface area (Å²) in [5.41, 5.74) is 0. The molecule has 1 fully saturated rings. The number of amides is 1. The van der Waals surface area contributed by atoms with E-state index in [0.717, 1.165) is 0 Å². The molecule has 1 aliphatic heterocycles. The van der Waals surface area contributed by atoms with Crippen molar-refractivity contribution in [2.45, 2.75) is 17.4 Å². The van der Waals surface area contributed by atoms with Gasteiger partial charge in [0.2, 0.25) is 15.9 Å². The van der Waals surface area contributed by atoms with Crippen LogP contribution in [0.1, 0.15) is 6.42 Å². The fourth-order valence-corrected chi connectivity index (χ4v) is 5.40. The van der Waals surface area contributed by atoms with E-state index in [0.29, 0.717) is 35.3 Å². The van der Waals surface area contributed by atoms with Crippen LogP contribution in [0.3, 0.4) is 0 Å². The SMILES string of the molecule is CN(C)CC(=O)N(C)[C@H]1CCN(S(=O)(=O)c2cccc3cncc(Cl)c23)C1. The van der Waals surface area contributed by atoms with E-state index in [1.165, 1.54) is 10.5 Å². The number of rotatable bonds is 5. The zero-order chi connectivity index (χ0) is 19.8. The Bertz CT molecular complexity index is 959. The monoisotopic (exact) mass is 410 g/mol. The number of fused-ring (bicyclic) bond motifs is 1. The Labute approximate surface area is 164 Å². The molecule has 146 valence electrons. The van der Waals surface area contributed by atoms with E-state index < -0.39 is 10.0 Å². The topological polar surface area (TPSA) is 73.8 Å². The molecule has 1 aliphatic rings. The molecule has 1 saturated heterocycles. The lowest BCUT2D eigenvalue weighted by Gasteiger charge is -2.26. The number of hydrogen-bond acceptors (Lipinski definition) is 5. The van der Waals surface area contributed by atoms with Gasteiger partial charge in [0.15, 0.2) is 0 Å². The molecule has 0 saturated carbocycles. The van der Waals surface area contributed by atoms with Crippen molar-refractivity contribution in [1.29, 1.82) is 0 Å². The zero-order valence-electron chi connectivity index (χ0n) is 15.6. The molecule has 0 N–H and O–H groups in total. The Morgan fingerprint density at radius 3 is 2.74 bits per heavy atom. The largest absolute Gasteiger partial charge is 0.340 e. The van der Waals surface area contributed by atoms with Crippen LogP contribution in [0.4, 0.5) is 0 Å². The number of pyridine rings is 1. The molecule has 1 amide bonds. The number of carbonyl (C=O) groups excluding carboxylic acids is 1. The molecule has 0 radical (unpaired) electrons. The first kappa shape index (κ1) is 20.0. The van der Waals surface area contributed by atoms with Crippen LogP contribution in [-0.2, 0) is 14.8 Å². The Hall–Kier alpha value is -1.74. The van der Waals surface area contributed by atoms with Crippen LogP contribution in [0.25, 0.3) is 10.8 Å². The van der Waals surface area contributed by atoms with Crippen LogP contribution in [-0.4, -0.2) is 80.2 Å². The lowest BCUT2D eigenvalue weighted by molar-refractivity contribution is -0.132. The Morgan fingerprint density at radius 1 is 1.30 bits per heavy atom. The molecule has 0 aliphatic carbocycles. The Morgan fingerprint density at radius 2 is 2.04 bits per heavy atom. The van der Waals surface area contributed by atoms with Crippen molar-refractivity contribution in [3.63, 3.8) is 0 Å². The zero-order valence-corrected chi connectivity index (χ0v) is 17.2. The van der Waals surface area contributed by atoms with Crippen molar-refractivity contribution >= 4 is 38.3 Å². The first-order chi connectivity index (χ1) is 12.7. The number of halogens is 1. The molecule has 7 nitrogen and oxygen atoms in total. The standard InChI is InChI=1S/C18H23ClN4O3S/c1-21(2)12-17(24)22(3)14-7-8-23(11-14)27(25,26)16-6-4-5-13-9-20-10-15(19)18(13)16/h4-6,9-10,14H,7-8,11-12H2,1-3H3/t14-/m0/s1. The van der Waals surface area contributed by atoms with Gasteiger partial charge in [-0.2, -0.15) is 4.31 Å². The van der Waals surface area contributed by atoms with Gasteiger partial charge in [0.1, 0.15) is 0 Å². The molecule has 1 atom stereocenters. The predicted octanol–water partition coefficient (Wildman–Crippen LogP) is 1.67. The molecule has 3 rings (SSSR count). The highest BCUT2D eigenvalue weighted by Gasteiger charge is 2.36. The molecular weight excluding hydrogens is 388 g/mol. The van der Waals surface area contributed by atoms with Crippen LogP contribution in [0.2, 0.25) is 5.02 Å². The summed E-state index contributed by atoms with van der Waals surface area (Å²) in [6.45, 7) is 0.939. The summed E-state index contributed by atoms with van der Waals surface area (Å²) < 4.78 is 27.9. The summed E-state index contributed by atoms with van der Waals surface area (Å²) in [5, 5.41) is 1.47. The number of aromatic nitrogens is 1. The van der Waals surface area contributed by atoms with Crippen molar-refractivity contribution in [3.05, 3.63) is 35.6 Å². The minimum atomic E-state index is -3.73. The van der Waals surface area contributed by atoms with Crippen molar-refractivity contribution in [3.8, 4) is 0 Å². The first-order valence-corrected chi connectivity index (χ1v) is 10.5. The molecule has 2 heterocycles. The summed E-state index contributed by atoms with van der Waals surface area (Å²) in [5.74, 6) is -0.0245. The van der Waals surface area contributed by atoms with Gasteiger partial charge in [-0.15, -0.1) is 0 Å². The summed E-state index contributed by atoms with van der Waals surface area (Å²) in [7, 11) is 1.66. The number of likely N-dealkylation sites (N-methyl/N-ethyl adjacent to an activating group) is 2. The van der Waals surface area contributed by atoms with E-state index in [1.807, 2.05) is 14.1 Å². The second-order valence-electron chi connectivity index (χ2n) is 7.02. The van der Waals surface area contributed by atoms with Crippen molar-refractivity contribution in [2.24, 2.45) is 0 Å². The minimum Gasteiger partial charge on any atom is -0.340 e. The maximum atomic E-state index is 13.3. The highest BCUT2D eigenvalue weighted by atomic mass is 35.5. The third-order valence-corrected chi connectivity index (χ3v) is 7.03. The lowest BCUT2D eigenvalue weighted by atomic mass is 10.2. The first-order valence-electron chi connectivity index (χ1n) is 8.64. The van der Waals surface area contributed by atoms with Gasteiger partial charge in [-0.25, -0.2) is 8.42 Å². The molecular formula is C18H23ClN4O3S. The normalized spacial score (nSPS) is 18.3. The summed E-state index contributed by atoms with van der Waals surface area (Å²) in [6.07, 6.45) is 3.65. The predicted molar refractivity (Wildman–Crippen MR) is 105 cm³/mol. The average Bonchev–Trinajstić information content (AvgIpc) is 3.11. The van der Waals surface area contributed by atoms with Gasteiger partial charge in [-0.1, -0.05) is 23.7 Å². The van der Waals surface area contributed by atoms with E-state index in [-0.39, 0.29) is 23.4 Å². The van der Waals surface area contributed by atoms with E-state index in [1.54, 1.807) is 41.2 Å². The number of carbonyl (C=O) groups is 1. The highest BCUT2D eigenvalue weighted by molar-refractivity contribution is 7.89. The summed E-state index contributed by atoms with van der Waals surface area (Å²) >= 11 is 6.24. The summed E-state index contributed by atoms with van der Waals surface area (Å²) in [4.78, 5) is 19.9. The molecule has 1 aromatic carbocycles. The lowest BCUT2D eigenvalue weighted by Crippen LogP contribution is -2.43. The second kappa shape index (κ2) is 7.71. The van der Waals surface area contributed by atoms with Gasteiger partial charge in [0.05, 0.1) is 16.5 Å². The Balaban J connectivity index is 1.87. The van der Waals surface area contributed by atoms with Gasteiger partial charge < -0.3 is 9.80 Å². The van der Waals surface area contributed by atoms with Gasteiger partial charge in [0, 0.05) is 49.3 Å². The number of sulfonamides is 1. The van der Waals surface area contributed by atoms with Crippen molar-refractivity contribution in [1.82, 2.24) is 19.1 Å². The third-order valence-electron chi connectivity index (χ3n) is 4.84. The third kappa shape index (κ3) is 3.94. The van der Waals surface area contributed by atoms with E-state index in [4.69, 9.17) is 11.6 Å². The fourth-order valence-electron chi connectivity index (χ4n) is 3.34. The van der Waals surface area contributed by atoms with Gasteiger partial charge >= 0.3 is 0 Å². The number of hydrogen-bond donors (Lipinski definition) is 0. The molecule has 1 aromatic heterocycles.